The number of nitrogen functional groups attached to an aromatic ring is 1. The zero-order valence-corrected chi connectivity index (χ0v) is 13.9. The van der Waals surface area contributed by atoms with Crippen LogP contribution in [0.2, 0.25) is 0 Å². The van der Waals surface area contributed by atoms with E-state index >= 15 is 0 Å². The first kappa shape index (κ1) is 15.1. The van der Waals surface area contributed by atoms with Gasteiger partial charge in [-0.15, -0.1) is 0 Å². The fourth-order valence-electron chi connectivity index (χ4n) is 4.20. The van der Waals surface area contributed by atoms with Crippen molar-refractivity contribution >= 4 is 5.69 Å². The average Bonchev–Trinajstić information content (AvgIpc) is 2.83. The van der Waals surface area contributed by atoms with Crippen LogP contribution in [-0.4, -0.2) is 0 Å². The summed E-state index contributed by atoms with van der Waals surface area (Å²) in [5, 5.41) is 0. The van der Waals surface area contributed by atoms with Crippen LogP contribution in [0.15, 0.2) is 42.5 Å². The number of anilines is 1. The number of rotatable bonds is 6. The van der Waals surface area contributed by atoms with Crippen LogP contribution in [0, 0.1) is 0 Å². The van der Waals surface area contributed by atoms with E-state index in [-0.39, 0.29) is 5.41 Å². The van der Waals surface area contributed by atoms with Crippen LogP contribution in [0.25, 0.3) is 11.1 Å². The van der Waals surface area contributed by atoms with Crippen LogP contribution >= 0.6 is 0 Å². The van der Waals surface area contributed by atoms with Crippen molar-refractivity contribution in [2.75, 3.05) is 5.73 Å². The normalized spacial score (nSPS) is 14.6. The minimum Gasteiger partial charge on any atom is -0.398 e. The van der Waals surface area contributed by atoms with Gasteiger partial charge in [0.05, 0.1) is 0 Å². The molecule has 1 aliphatic rings. The molecule has 3 rings (SSSR count). The molecular formula is C21H27N. The van der Waals surface area contributed by atoms with Crippen molar-refractivity contribution in [3.63, 3.8) is 0 Å². The summed E-state index contributed by atoms with van der Waals surface area (Å²) in [5.41, 5.74) is 13.2. The molecule has 0 bridgehead atoms. The molecule has 1 aliphatic carbocycles. The SMILES string of the molecule is CCCCC1(CCCC)c2ccccc2-c2cccc(N)c21. The third-order valence-electron chi connectivity index (χ3n) is 5.22. The molecule has 2 N–H and O–H groups in total. The van der Waals surface area contributed by atoms with Crippen molar-refractivity contribution in [1.29, 1.82) is 0 Å². The van der Waals surface area contributed by atoms with Crippen LogP contribution in [0.5, 0.6) is 0 Å². The van der Waals surface area contributed by atoms with E-state index in [1.54, 1.807) is 0 Å². The van der Waals surface area contributed by atoms with Crippen molar-refractivity contribution in [3.05, 3.63) is 53.6 Å². The molecule has 0 amide bonds. The van der Waals surface area contributed by atoms with Crippen molar-refractivity contribution < 1.29 is 0 Å². The summed E-state index contributed by atoms with van der Waals surface area (Å²) < 4.78 is 0. The highest BCUT2D eigenvalue weighted by Crippen LogP contribution is 2.55. The van der Waals surface area contributed by atoms with Crippen LogP contribution in [0.4, 0.5) is 5.69 Å². The number of fused-ring (bicyclic) bond motifs is 3. The van der Waals surface area contributed by atoms with Crippen molar-refractivity contribution in [1.82, 2.24) is 0 Å². The summed E-state index contributed by atoms with van der Waals surface area (Å²) in [6, 6.07) is 15.4. The summed E-state index contributed by atoms with van der Waals surface area (Å²) >= 11 is 0. The lowest BCUT2D eigenvalue weighted by atomic mass is 9.70. The standard InChI is InChI=1S/C21H27N/c1-3-5-14-21(15-6-4-2)18-12-8-7-10-16(18)17-11-9-13-19(22)20(17)21/h7-13H,3-6,14-15,22H2,1-2H3. The molecule has 2 aromatic carbocycles. The second-order valence-corrected chi connectivity index (χ2v) is 6.60. The third-order valence-corrected chi connectivity index (χ3v) is 5.22. The number of benzene rings is 2. The topological polar surface area (TPSA) is 26.0 Å². The highest BCUT2D eigenvalue weighted by molar-refractivity contribution is 5.85. The highest BCUT2D eigenvalue weighted by atomic mass is 14.6. The highest BCUT2D eigenvalue weighted by Gasteiger charge is 2.43. The zero-order chi connectivity index (χ0) is 15.6. The molecular weight excluding hydrogens is 266 g/mol. The number of hydrogen-bond acceptors (Lipinski definition) is 1. The van der Waals surface area contributed by atoms with Gasteiger partial charge < -0.3 is 5.73 Å². The maximum Gasteiger partial charge on any atom is 0.0361 e. The molecule has 0 aromatic heterocycles. The summed E-state index contributed by atoms with van der Waals surface area (Å²) in [5.74, 6) is 0. The van der Waals surface area contributed by atoms with Gasteiger partial charge in [0, 0.05) is 11.1 Å². The fourth-order valence-corrected chi connectivity index (χ4v) is 4.20. The van der Waals surface area contributed by atoms with E-state index in [0.29, 0.717) is 0 Å². The third kappa shape index (κ3) is 2.24. The Morgan fingerprint density at radius 3 is 2.14 bits per heavy atom. The summed E-state index contributed by atoms with van der Waals surface area (Å²) in [4.78, 5) is 0. The molecule has 0 atom stereocenters. The lowest BCUT2D eigenvalue weighted by Gasteiger charge is -2.33. The number of hydrogen-bond donors (Lipinski definition) is 1. The van der Waals surface area contributed by atoms with Crippen molar-refractivity contribution in [2.24, 2.45) is 0 Å². The van der Waals surface area contributed by atoms with E-state index in [4.69, 9.17) is 5.73 Å². The first-order valence-corrected chi connectivity index (χ1v) is 8.73. The monoisotopic (exact) mass is 293 g/mol. The molecule has 0 radical (unpaired) electrons. The van der Waals surface area contributed by atoms with Gasteiger partial charge in [0.1, 0.15) is 0 Å². The molecule has 0 saturated carbocycles. The predicted molar refractivity (Wildman–Crippen MR) is 96.1 cm³/mol. The summed E-state index contributed by atoms with van der Waals surface area (Å²) in [6.07, 6.45) is 7.40. The Hall–Kier alpha value is -1.76. The first-order valence-electron chi connectivity index (χ1n) is 8.73. The van der Waals surface area contributed by atoms with Crippen molar-refractivity contribution in [3.8, 4) is 11.1 Å². The zero-order valence-electron chi connectivity index (χ0n) is 13.9. The minimum atomic E-state index is 0.128. The first-order chi connectivity index (χ1) is 10.7. The van der Waals surface area contributed by atoms with Gasteiger partial charge in [-0.3, -0.25) is 0 Å². The molecule has 2 aromatic rings. The molecule has 0 saturated heterocycles. The van der Waals surface area contributed by atoms with E-state index in [1.165, 1.54) is 60.8 Å². The average molecular weight is 293 g/mol. The molecule has 1 nitrogen and oxygen atoms in total. The largest absolute Gasteiger partial charge is 0.398 e. The minimum absolute atomic E-state index is 0.128. The van der Waals surface area contributed by atoms with E-state index in [1.807, 2.05) is 0 Å². The summed E-state index contributed by atoms with van der Waals surface area (Å²) in [6.45, 7) is 4.56. The molecule has 0 unspecified atom stereocenters. The van der Waals surface area contributed by atoms with E-state index in [9.17, 15) is 0 Å². The van der Waals surface area contributed by atoms with Gasteiger partial charge in [-0.05, 0) is 41.2 Å². The molecule has 1 heteroatoms. The quantitative estimate of drug-likeness (QED) is 0.658. The maximum absolute atomic E-state index is 6.47. The molecule has 0 aliphatic heterocycles. The van der Waals surface area contributed by atoms with Crippen molar-refractivity contribution in [2.45, 2.75) is 57.8 Å². The van der Waals surface area contributed by atoms with Crippen LogP contribution in [0.3, 0.4) is 0 Å². The van der Waals surface area contributed by atoms with Crippen LogP contribution in [0.1, 0.15) is 63.5 Å². The predicted octanol–water partition coefficient (Wildman–Crippen LogP) is 5.92. The van der Waals surface area contributed by atoms with Gasteiger partial charge in [-0.25, -0.2) is 0 Å². The van der Waals surface area contributed by atoms with Gasteiger partial charge >= 0.3 is 0 Å². The molecule has 22 heavy (non-hydrogen) atoms. The molecule has 0 heterocycles. The van der Waals surface area contributed by atoms with Gasteiger partial charge in [-0.1, -0.05) is 75.9 Å². The Kier molecular flexibility index (Phi) is 4.24. The molecule has 0 spiro atoms. The lowest BCUT2D eigenvalue weighted by molar-refractivity contribution is 0.415. The second-order valence-electron chi connectivity index (χ2n) is 6.60. The second kappa shape index (κ2) is 6.16. The molecule has 116 valence electrons. The van der Waals surface area contributed by atoms with Gasteiger partial charge in [0.2, 0.25) is 0 Å². The maximum atomic E-state index is 6.47. The fraction of sp³-hybridized carbons (Fsp3) is 0.429. The van der Waals surface area contributed by atoms with Crippen LogP contribution in [-0.2, 0) is 5.41 Å². The van der Waals surface area contributed by atoms with E-state index < -0.39 is 0 Å². The van der Waals surface area contributed by atoms with Gasteiger partial charge in [0.25, 0.3) is 0 Å². The summed E-state index contributed by atoms with van der Waals surface area (Å²) in [7, 11) is 0. The Morgan fingerprint density at radius 1 is 0.818 bits per heavy atom. The molecule has 0 fully saturated rings. The Labute approximate surface area is 134 Å². The van der Waals surface area contributed by atoms with Gasteiger partial charge in [-0.2, -0.15) is 0 Å². The smallest absolute Gasteiger partial charge is 0.0361 e. The Morgan fingerprint density at radius 2 is 1.45 bits per heavy atom. The number of nitrogens with two attached hydrogens (primary N) is 1. The Bertz CT molecular complexity index is 649. The van der Waals surface area contributed by atoms with Crippen LogP contribution < -0.4 is 5.73 Å². The number of unbranched alkanes of at least 4 members (excludes halogenated alkanes) is 2. The van der Waals surface area contributed by atoms with E-state index in [0.717, 1.165) is 5.69 Å². The van der Waals surface area contributed by atoms with Gasteiger partial charge in [0.15, 0.2) is 0 Å². The van der Waals surface area contributed by atoms with E-state index in [2.05, 4.69) is 56.3 Å². The lowest BCUT2D eigenvalue weighted by Crippen LogP contribution is -2.26. The Balaban J connectivity index is 2.23.